The Labute approximate surface area is 78.3 Å². The van der Waals surface area contributed by atoms with Crippen LogP contribution >= 0.6 is 15.9 Å². The summed E-state index contributed by atoms with van der Waals surface area (Å²) >= 11 is 3.18. The number of hydrogen-bond acceptors (Lipinski definition) is 2. The molecule has 0 amide bonds. The van der Waals surface area contributed by atoms with Crippen molar-refractivity contribution in [3.05, 3.63) is 29.6 Å². The van der Waals surface area contributed by atoms with E-state index in [0.717, 1.165) is 5.56 Å². The molecule has 0 atom stereocenters. The average Bonchev–Trinajstić information content (AvgIpc) is 2.05. The molecule has 5 heteroatoms. The van der Waals surface area contributed by atoms with Crippen LogP contribution in [0.5, 0.6) is 0 Å². The van der Waals surface area contributed by atoms with Gasteiger partial charge in [0, 0.05) is 10.8 Å². The van der Waals surface area contributed by atoms with Crippen molar-refractivity contribution in [2.75, 3.05) is 0 Å². The van der Waals surface area contributed by atoms with Crippen LogP contribution in [0.4, 0.5) is 4.39 Å². The van der Waals surface area contributed by atoms with Crippen molar-refractivity contribution in [1.29, 1.82) is 0 Å². The molecule has 0 aliphatic rings. The van der Waals surface area contributed by atoms with Gasteiger partial charge in [0.1, 0.15) is 5.82 Å². The molecule has 0 aromatic heterocycles. The maximum Gasteiger partial charge on any atom is 0.491 e. The number of benzene rings is 1. The fraction of sp³-hybridized carbons (Fsp3) is 0.143. The van der Waals surface area contributed by atoms with Gasteiger partial charge < -0.3 is 10.0 Å². The topological polar surface area (TPSA) is 40.5 Å². The Morgan fingerprint density at radius 3 is 2.58 bits per heavy atom. The van der Waals surface area contributed by atoms with Crippen LogP contribution in [0, 0.1) is 5.82 Å². The van der Waals surface area contributed by atoms with Crippen LogP contribution < -0.4 is 5.46 Å². The Hall–Kier alpha value is -0.385. The molecule has 0 radical (unpaired) electrons. The molecule has 2 N–H and O–H groups in total. The van der Waals surface area contributed by atoms with Gasteiger partial charge in [-0.2, -0.15) is 0 Å². The minimum Gasteiger partial charge on any atom is -0.423 e. The largest absolute Gasteiger partial charge is 0.491 e. The summed E-state index contributed by atoms with van der Waals surface area (Å²) in [5.74, 6) is -0.602. The monoisotopic (exact) mass is 232 g/mol. The zero-order valence-electron chi connectivity index (χ0n) is 6.17. The fourth-order valence-corrected chi connectivity index (χ4v) is 1.22. The first-order valence-corrected chi connectivity index (χ1v) is 4.47. The summed E-state index contributed by atoms with van der Waals surface area (Å²) < 4.78 is 12.8. The molecular weight excluding hydrogens is 226 g/mol. The maximum atomic E-state index is 12.8. The first kappa shape index (κ1) is 9.70. The van der Waals surface area contributed by atoms with E-state index in [1.165, 1.54) is 12.1 Å². The van der Waals surface area contributed by atoms with Crippen LogP contribution in [0.1, 0.15) is 5.56 Å². The van der Waals surface area contributed by atoms with Crippen molar-refractivity contribution in [2.24, 2.45) is 0 Å². The van der Waals surface area contributed by atoms with E-state index in [4.69, 9.17) is 10.0 Å². The van der Waals surface area contributed by atoms with Crippen LogP contribution in [-0.4, -0.2) is 17.2 Å². The molecule has 1 aromatic carbocycles. The van der Waals surface area contributed by atoms with Gasteiger partial charge in [0.15, 0.2) is 0 Å². The van der Waals surface area contributed by atoms with Crippen molar-refractivity contribution < 1.29 is 14.4 Å². The summed E-state index contributed by atoms with van der Waals surface area (Å²) in [5.41, 5.74) is 0.714. The van der Waals surface area contributed by atoms with Crippen molar-refractivity contribution >= 4 is 28.5 Å². The lowest BCUT2D eigenvalue weighted by Crippen LogP contribution is -2.32. The SMILES string of the molecule is OB(O)c1cc(CBr)ccc1F. The molecular formula is C7H7BBrFO2. The summed E-state index contributed by atoms with van der Waals surface area (Å²) in [6, 6.07) is 4.20. The van der Waals surface area contributed by atoms with E-state index in [1.807, 2.05) is 0 Å². The maximum absolute atomic E-state index is 12.8. The Morgan fingerprint density at radius 2 is 2.08 bits per heavy atom. The quantitative estimate of drug-likeness (QED) is 0.573. The molecule has 1 aromatic rings. The molecule has 0 saturated heterocycles. The van der Waals surface area contributed by atoms with Crippen molar-refractivity contribution in [3.63, 3.8) is 0 Å². The third-order valence-corrected chi connectivity index (χ3v) is 2.14. The van der Waals surface area contributed by atoms with Crippen LogP contribution in [0.25, 0.3) is 0 Å². The van der Waals surface area contributed by atoms with Gasteiger partial charge in [-0.25, -0.2) is 4.39 Å². The lowest BCUT2D eigenvalue weighted by molar-refractivity contribution is 0.423. The zero-order chi connectivity index (χ0) is 9.14. The van der Waals surface area contributed by atoms with E-state index < -0.39 is 12.9 Å². The lowest BCUT2D eigenvalue weighted by Gasteiger charge is -2.02. The Kier molecular flexibility index (Phi) is 3.25. The van der Waals surface area contributed by atoms with Gasteiger partial charge in [0.25, 0.3) is 0 Å². The minimum absolute atomic E-state index is 0.0908. The first-order chi connectivity index (χ1) is 5.65. The molecule has 0 aliphatic carbocycles. The fourth-order valence-electron chi connectivity index (χ4n) is 0.874. The van der Waals surface area contributed by atoms with E-state index in [2.05, 4.69) is 15.9 Å². The minimum atomic E-state index is -1.75. The highest BCUT2D eigenvalue weighted by Crippen LogP contribution is 2.05. The van der Waals surface area contributed by atoms with Crippen LogP contribution in [0.15, 0.2) is 18.2 Å². The first-order valence-electron chi connectivity index (χ1n) is 3.35. The standard InChI is InChI=1S/C7H7BBrFO2/c9-4-5-1-2-7(10)6(3-5)8(11)12/h1-3,11-12H,4H2. The Balaban J connectivity index is 3.08. The zero-order valence-corrected chi connectivity index (χ0v) is 7.75. The van der Waals surface area contributed by atoms with E-state index in [1.54, 1.807) is 6.07 Å². The second-order valence-corrected chi connectivity index (χ2v) is 2.92. The predicted octanol–water partition coefficient (Wildman–Crippen LogP) is 0.400. The molecule has 64 valence electrons. The number of alkyl halides is 1. The van der Waals surface area contributed by atoms with E-state index in [0.29, 0.717) is 5.33 Å². The Morgan fingerprint density at radius 1 is 1.42 bits per heavy atom. The molecule has 0 spiro atoms. The highest BCUT2D eigenvalue weighted by Gasteiger charge is 2.16. The highest BCUT2D eigenvalue weighted by molar-refractivity contribution is 9.08. The summed E-state index contributed by atoms with van der Waals surface area (Å²) in [5, 5.41) is 18.0. The normalized spacial score (nSPS) is 10.0. The van der Waals surface area contributed by atoms with Gasteiger partial charge >= 0.3 is 7.12 Å². The Bertz CT molecular complexity index is 280. The number of rotatable bonds is 2. The predicted molar refractivity (Wildman–Crippen MR) is 48.9 cm³/mol. The molecule has 0 saturated carbocycles. The molecule has 0 unspecified atom stereocenters. The van der Waals surface area contributed by atoms with E-state index >= 15 is 0 Å². The second-order valence-electron chi connectivity index (χ2n) is 2.36. The molecule has 0 fully saturated rings. The number of halogens is 2. The van der Waals surface area contributed by atoms with E-state index in [9.17, 15) is 4.39 Å². The van der Waals surface area contributed by atoms with Gasteiger partial charge in [0.05, 0.1) is 0 Å². The molecule has 2 nitrogen and oxygen atoms in total. The molecule has 1 rings (SSSR count). The second kappa shape index (κ2) is 4.02. The summed E-state index contributed by atoms with van der Waals surface area (Å²) in [7, 11) is -1.75. The van der Waals surface area contributed by atoms with Crippen molar-refractivity contribution in [2.45, 2.75) is 5.33 Å². The van der Waals surface area contributed by atoms with Crippen molar-refractivity contribution in [1.82, 2.24) is 0 Å². The number of hydrogen-bond donors (Lipinski definition) is 2. The van der Waals surface area contributed by atoms with Gasteiger partial charge in [-0.3, -0.25) is 0 Å². The van der Waals surface area contributed by atoms with E-state index in [-0.39, 0.29) is 5.46 Å². The van der Waals surface area contributed by atoms with Gasteiger partial charge in [0.2, 0.25) is 0 Å². The van der Waals surface area contributed by atoms with Crippen LogP contribution in [0.3, 0.4) is 0 Å². The highest BCUT2D eigenvalue weighted by atomic mass is 79.9. The molecule has 0 heterocycles. The third kappa shape index (κ3) is 2.06. The summed E-state index contributed by atoms with van der Waals surface area (Å²) in [6.45, 7) is 0. The van der Waals surface area contributed by atoms with Crippen LogP contribution in [0.2, 0.25) is 0 Å². The summed E-state index contributed by atoms with van der Waals surface area (Å²) in [4.78, 5) is 0. The van der Waals surface area contributed by atoms with Gasteiger partial charge in [-0.1, -0.05) is 28.1 Å². The molecule has 12 heavy (non-hydrogen) atoms. The molecule has 0 bridgehead atoms. The van der Waals surface area contributed by atoms with Crippen LogP contribution in [-0.2, 0) is 5.33 Å². The summed E-state index contributed by atoms with van der Waals surface area (Å²) in [6.07, 6.45) is 0. The lowest BCUT2D eigenvalue weighted by atomic mass is 9.79. The third-order valence-electron chi connectivity index (χ3n) is 1.49. The average molecular weight is 233 g/mol. The molecule has 0 aliphatic heterocycles. The van der Waals surface area contributed by atoms with Crippen molar-refractivity contribution in [3.8, 4) is 0 Å². The van der Waals surface area contributed by atoms with Gasteiger partial charge in [-0.15, -0.1) is 0 Å². The van der Waals surface area contributed by atoms with Gasteiger partial charge in [-0.05, 0) is 11.6 Å². The smallest absolute Gasteiger partial charge is 0.423 e.